The second-order valence-corrected chi connectivity index (χ2v) is 4.70. The first kappa shape index (κ1) is 13.2. The van der Waals surface area contributed by atoms with Crippen LogP contribution in [0.2, 0.25) is 0 Å². The number of benzene rings is 2. The van der Waals surface area contributed by atoms with Gasteiger partial charge in [-0.1, -0.05) is 12.1 Å². The Morgan fingerprint density at radius 1 is 1.42 bits per heavy atom. The molecule has 2 aromatic rings. The number of ether oxygens (including phenoxy) is 1. The number of nitriles is 1. The van der Waals surface area contributed by atoms with E-state index in [2.05, 4.69) is 0 Å². The van der Waals surface area contributed by atoms with E-state index in [0.29, 0.717) is 10.5 Å². The molecule has 1 N–H and O–H groups in total. The molecule has 0 aliphatic carbocycles. The maximum Gasteiger partial charge on any atom is 0.307 e. The summed E-state index contributed by atoms with van der Waals surface area (Å²) >= 11 is 0.988. The predicted molar refractivity (Wildman–Crippen MR) is 73.3 cm³/mol. The third-order valence-electron chi connectivity index (χ3n) is 2.75. The second-order valence-electron chi connectivity index (χ2n) is 3.90. The maximum atomic E-state index is 10.8. The van der Waals surface area contributed by atoms with Gasteiger partial charge in [0.25, 0.3) is 0 Å². The van der Waals surface area contributed by atoms with Crippen molar-refractivity contribution < 1.29 is 14.6 Å². The van der Waals surface area contributed by atoms with Crippen LogP contribution in [0, 0.1) is 10.7 Å². The summed E-state index contributed by atoms with van der Waals surface area (Å²) in [6.07, 6.45) is -0.0913. The highest BCUT2D eigenvalue weighted by molar-refractivity contribution is 8.04. The number of hydrogen-bond acceptors (Lipinski definition) is 4. The Kier molecular flexibility index (Phi) is 3.93. The molecule has 0 saturated heterocycles. The van der Waals surface area contributed by atoms with E-state index in [-0.39, 0.29) is 6.42 Å². The maximum absolute atomic E-state index is 10.8. The van der Waals surface area contributed by atoms with Crippen LogP contribution in [-0.2, 0) is 11.2 Å². The summed E-state index contributed by atoms with van der Waals surface area (Å²) < 4.78 is 5.15. The molecule has 2 aromatic carbocycles. The Bertz CT molecular complexity index is 676. The van der Waals surface area contributed by atoms with Gasteiger partial charge < -0.3 is 9.84 Å². The summed E-state index contributed by atoms with van der Waals surface area (Å²) in [5.74, 6) is -0.181. The van der Waals surface area contributed by atoms with Gasteiger partial charge in [-0.05, 0) is 46.3 Å². The fraction of sp³-hybridized carbons (Fsp3) is 0.143. The molecule has 0 aromatic heterocycles. The molecule has 0 fully saturated rings. The van der Waals surface area contributed by atoms with Crippen LogP contribution in [0.4, 0.5) is 0 Å². The smallest absolute Gasteiger partial charge is 0.307 e. The van der Waals surface area contributed by atoms with E-state index in [1.165, 1.54) is 0 Å². The highest BCUT2D eigenvalue weighted by Gasteiger charge is 2.12. The lowest BCUT2D eigenvalue weighted by Gasteiger charge is -2.09. The van der Waals surface area contributed by atoms with Gasteiger partial charge in [-0.25, -0.2) is 0 Å². The highest BCUT2D eigenvalue weighted by atomic mass is 32.2. The minimum absolute atomic E-state index is 0.0913. The number of rotatable bonds is 4. The number of nitrogens with zero attached hydrogens (tertiary/aromatic N) is 1. The first-order chi connectivity index (χ1) is 9.15. The summed E-state index contributed by atoms with van der Waals surface area (Å²) in [4.78, 5) is 11.5. The number of thiocyanates is 1. The molecule has 0 aliphatic heterocycles. The van der Waals surface area contributed by atoms with Gasteiger partial charge in [0.2, 0.25) is 0 Å². The molecule has 0 saturated carbocycles. The number of hydrogen-bond donors (Lipinski definition) is 1. The van der Waals surface area contributed by atoms with Crippen molar-refractivity contribution in [3.63, 3.8) is 0 Å². The van der Waals surface area contributed by atoms with Crippen LogP contribution in [0.5, 0.6) is 5.75 Å². The Hall–Kier alpha value is -2.19. The van der Waals surface area contributed by atoms with E-state index >= 15 is 0 Å². The van der Waals surface area contributed by atoms with Crippen LogP contribution in [0.15, 0.2) is 35.2 Å². The van der Waals surface area contributed by atoms with Gasteiger partial charge in [-0.2, -0.15) is 5.26 Å². The van der Waals surface area contributed by atoms with Crippen LogP contribution >= 0.6 is 11.8 Å². The topological polar surface area (TPSA) is 70.3 Å². The fourth-order valence-corrected chi connectivity index (χ4v) is 2.58. The number of carbonyl (C=O) groups is 1. The number of carboxylic acid groups (broad SMARTS) is 1. The van der Waals surface area contributed by atoms with Gasteiger partial charge >= 0.3 is 5.97 Å². The predicted octanol–water partition coefficient (Wildman–Crippen LogP) is 3.05. The molecule has 4 nitrogen and oxygen atoms in total. The summed E-state index contributed by atoms with van der Waals surface area (Å²) in [6.45, 7) is 0. The Morgan fingerprint density at radius 3 is 2.84 bits per heavy atom. The third kappa shape index (κ3) is 2.80. The van der Waals surface area contributed by atoms with Crippen molar-refractivity contribution in [3.05, 3.63) is 35.9 Å². The summed E-state index contributed by atoms with van der Waals surface area (Å²) in [7, 11) is 1.59. The van der Waals surface area contributed by atoms with Crippen LogP contribution in [0.3, 0.4) is 0 Å². The molecular formula is C14H11NO3S. The first-order valence-electron chi connectivity index (χ1n) is 5.53. The van der Waals surface area contributed by atoms with E-state index in [1.807, 2.05) is 23.6 Å². The zero-order valence-corrected chi connectivity index (χ0v) is 11.0. The minimum Gasteiger partial charge on any atom is -0.497 e. The molecule has 0 spiro atoms. The van der Waals surface area contributed by atoms with Crippen molar-refractivity contribution in [2.45, 2.75) is 11.3 Å². The molecule has 0 atom stereocenters. The van der Waals surface area contributed by atoms with Crippen molar-refractivity contribution in [3.8, 4) is 11.2 Å². The molecule has 0 heterocycles. The van der Waals surface area contributed by atoms with Crippen LogP contribution in [0.25, 0.3) is 10.8 Å². The molecule has 0 amide bonds. The van der Waals surface area contributed by atoms with Crippen molar-refractivity contribution in [2.24, 2.45) is 0 Å². The van der Waals surface area contributed by atoms with E-state index < -0.39 is 5.97 Å². The zero-order valence-electron chi connectivity index (χ0n) is 10.2. The van der Waals surface area contributed by atoms with Crippen LogP contribution in [0.1, 0.15) is 5.56 Å². The molecule has 19 heavy (non-hydrogen) atoms. The standard InChI is InChI=1S/C14H11NO3S/c1-18-11-4-5-12-9(6-11)2-3-10(7-13(16)17)14(12)19-8-15/h2-6H,7H2,1H3,(H,16,17). The number of aliphatic carboxylic acids is 1. The summed E-state index contributed by atoms with van der Waals surface area (Å²) in [5, 5.41) is 21.6. The molecule has 0 radical (unpaired) electrons. The van der Waals surface area contributed by atoms with E-state index in [0.717, 1.165) is 28.3 Å². The first-order valence-corrected chi connectivity index (χ1v) is 6.34. The number of methoxy groups -OCH3 is 1. The third-order valence-corrected chi connectivity index (χ3v) is 3.53. The average molecular weight is 273 g/mol. The van der Waals surface area contributed by atoms with Crippen molar-refractivity contribution >= 4 is 28.5 Å². The largest absolute Gasteiger partial charge is 0.497 e. The summed E-state index contributed by atoms with van der Waals surface area (Å²) in [5.41, 5.74) is 0.650. The highest BCUT2D eigenvalue weighted by Crippen LogP contribution is 2.33. The Labute approximate surface area is 114 Å². The van der Waals surface area contributed by atoms with Gasteiger partial charge in [-0.15, -0.1) is 0 Å². The van der Waals surface area contributed by atoms with Crippen molar-refractivity contribution in [1.82, 2.24) is 0 Å². The van der Waals surface area contributed by atoms with Gasteiger partial charge in [0.15, 0.2) is 0 Å². The molecule has 5 heteroatoms. The molecule has 0 unspecified atom stereocenters. The second kappa shape index (κ2) is 5.63. The van der Waals surface area contributed by atoms with Crippen LogP contribution < -0.4 is 4.74 Å². The van der Waals surface area contributed by atoms with Gasteiger partial charge in [0, 0.05) is 4.90 Å². The zero-order chi connectivity index (χ0) is 13.8. The molecular weight excluding hydrogens is 262 g/mol. The van der Waals surface area contributed by atoms with Crippen molar-refractivity contribution in [1.29, 1.82) is 5.26 Å². The minimum atomic E-state index is -0.910. The summed E-state index contributed by atoms with van der Waals surface area (Å²) in [6, 6.07) is 9.10. The van der Waals surface area contributed by atoms with E-state index in [9.17, 15) is 4.79 Å². The normalized spacial score (nSPS) is 10.1. The molecule has 96 valence electrons. The fourth-order valence-electron chi connectivity index (χ4n) is 1.92. The van der Waals surface area contributed by atoms with E-state index in [1.54, 1.807) is 19.2 Å². The number of carboxylic acids is 1. The van der Waals surface area contributed by atoms with E-state index in [4.69, 9.17) is 15.1 Å². The van der Waals surface area contributed by atoms with Gasteiger partial charge in [-0.3, -0.25) is 4.79 Å². The monoisotopic (exact) mass is 273 g/mol. The quantitative estimate of drug-likeness (QED) is 0.684. The SMILES string of the molecule is COc1ccc2c(SC#N)c(CC(=O)O)ccc2c1. The van der Waals surface area contributed by atoms with Crippen molar-refractivity contribution in [2.75, 3.05) is 7.11 Å². The Balaban J connectivity index is 2.63. The number of thioether (sulfide) groups is 1. The van der Waals surface area contributed by atoms with Gasteiger partial charge in [0.05, 0.1) is 13.5 Å². The molecule has 0 bridgehead atoms. The Morgan fingerprint density at radius 2 is 2.21 bits per heavy atom. The molecule has 0 aliphatic rings. The number of fused-ring (bicyclic) bond motifs is 1. The lowest BCUT2D eigenvalue weighted by molar-refractivity contribution is -0.136. The van der Waals surface area contributed by atoms with Crippen LogP contribution in [-0.4, -0.2) is 18.2 Å². The molecule has 2 rings (SSSR count). The lowest BCUT2D eigenvalue weighted by Crippen LogP contribution is -2.01. The van der Waals surface area contributed by atoms with Gasteiger partial charge in [0.1, 0.15) is 11.2 Å². The average Bonchev–Trinajstić information content (AvgIpc) is 2.40. The lowest BCUT2D eigenvalue weighted by atomic mass is 10.0.